The van der Waals surface area contributed by atoms with Crippen molar-refractivity contribution in [3.63, 3.8) is 0 Å². The van der Waals surface area contributed by atoms with Gasteiger partial charge in [-0.2, -0.15) is 11.8 Å². The molecule has 0 radical (unpaired) electrons. The second-order valence-electron chi connectivity index (χ2n) is 3.61. The molecular weight excluding hydrogens is 258 g/mol. The Bertz CT molecular complexity index is 267. The van der Waals surface area contributed by atoms with Gasteiger partial charge in [-0.05, 0) is 19.6 Å². The molecule has 1 atom stereocenters. The zero-order valence-corrected chi connectivity index (χ0v) is 11.4. The maximum atomic E-state index is 11.4. The smallest absolute Gasteiger partial charge is 0.211 e. The van der Waals surface area contributed by atoms with Crippen molar-refractivity contribution >= 4 is 33.4 Å². The lowest BCUT2D eigenvalue weighted by molar-refractivity contribution is 0.0909. The van der Waals surface area contributed by atoms with Crippen LogP contribution in [0.4, 0.5) is 0 Å². The van der Waals surface area contributed by atoms with E-state index in [1.807, 2.05) is 6.26 Å². The van der Waals surface area contributed by atoms with Gasteiger partial charge < -0.3 is 5.11 Å². The van der Waals surface area contributed by atoms with Gasteiger partial charge >= 0.3 is 0 Å². The first kappa shape index (κ1) is 15.5. The van der Waals surface area contributed by atoms with Gasteiger partial charge in [0.1, 0.15) is 0 Å². The molecule has 92 valence electrons. The van der Waals surface area contributed by atoms with Gasteiger partial charge in [-0.25, -0.2) is 13.1 Å². The molecule has 0 aromatic carbocycles. The number of hydrogen-bond donors (Lipinski definition) is 2. The Morgan fingerprint density at radius 3 is 2.60 bits per heavy atom. The maximum Gasteiger partial charge on any atom is 0.211 e. The second kappa shape index (κ2) is 6.96. The van der Waals surface area contributed by atoms with E-state index >= 15 is 0 Å². The quantitative estimate of drug-likeness (QED) is 0.639. The van der Waals surface area contributed by atoms with Gasteiger partial charge in [0, 0.05) is 18.2 Å². The van der Waals surface area contributed by atoms with Crippen LogP contribution in [0.1, 0.15) is 13.3 Å². The van der Waals surface area contributed by atoms with Crippen LogP contribution in [0.2, 0.25) is 0 Å². The molecule has 2 N–H and O–H groups in total. The Kier molecular flexibility index (Phi) is 7.19. The zero-order valence-electron chi connectivity index (χ0n) is 8.99. The Morgan fingerprint density at radius 2 is 2.13 bits per heavy atom. The molecule has 7 heteroatoms. The molecule has 0 fully saturated rings. The van der Waals surface area contributed by atoms with Crippen LogP contribution in [0.25, 0.3) is 0 Å². The highest BCUT2D eigenvalue weighted by Crippen LogP contribution is 2.09. The minimum atomic E-state index is -3.30. The van der Waals surface area contributed by atoms with Gasteiger partial charge in [0.15, 0.2) is 0 Å². The first-order valence-corrected chi connectivity index (χ1v) is 8.16. The van der Waals surface area contributed by atoms with Crippen LogP contribution in [0, 0.1) is 0 Å². The highest BCUT2D eigenvalue weighted by Gasteiger charge is 2.22. The van der Waals surface area contributed by atoms with E-state index in [0.717, 1.165) is 0 Å². The van der Waals surface area contributed by atoms with Crippen molar-refractivity contribution in [1.29, 1.82) is 0 Å². The number of hydrogen-bond acceptors (Lipinski definition) is 4. The normalized spacial score (nSPS) is 16.3. The molecule has 0 bridgehead atoms. The molecule has 0 aromatic heterocycles. The van der Waals surface area contributed by atoms with Crippen LogP contribution in [0.5, 0.6) is 0 Å². The number of sulfonamides is 1. The molecule has 0 aliphatic carbocycles. The predicted molar refractivity (Wildman–Crippen MR) is 66.1 cm³/mol. The van der Waals surface area contributed by atoms with Crippen molar-refractivity contribution in [2.45, 2.75) is 18.9 Å². The number of alkyl halides is 1. The SMILES string of the molecule is CSCC(C)(O)CNS(=O)(=O)CCCCl. The average Bonchev–Trinajstić information content (AvgIpc) is 2.12. The lowest BCUT2D eigenvalue weighted by atomic mass is 10.1. The van der Waals surface area contributed by atoms with Gasteiger partial charge in [0.05, 0.1) is 11.4 Å². The van der Waals surface area contributed by atoms with E-state index in [2.05, 4.69) is 4.72 Å². The highest BCUT2D eigenvalue weighted by atomic mass is 35.5. The van der Waals surface area contributed by atoms with Gasteiger partial charge in [-0.1, -0.05) is 0 Å². The monoisotopic (exact) mass is 275 g/mol. The van der Waals surface area contributed by atoms with Crippen molar-refractivity contribution in [2.24, 2.45) is 0 Å². The number of thioether (sulfide) groups is 1. The molecule has 0 heterocycles. The van der Waals surface area contributed by atoms with Gasteiger partial charge in [-0.3, -0.25) is 0 Å². The van der Waals surface area contributed by atoms with E-state index in [0.29, 0.717) is 18.1 Å². The second-order valence-corrected chi connectivity index (χ2v) is 6.78. The topological polar surface area (TPSA) is 66.4 Å². The third-order valence-corrected chi connectivity index (χ3v) is 4.26. The van der Waals surface area contributed by atoms with Crippen molar-refractivity contribution < 1.29 is 13.5 Å². The standard InChI is InChI=1S/C8H18ClNO3S2/c1-8(11,7-14-2)6-10-15(12,13)5-3-4-9/h10-11H,3-7H2,1-2H3. The van der Waals surface area contributed by atoms with Gasteiger partial charge in [0.2, 0.25) is 10.0 Å². The van der Waals surface area contributed by atoms with E-state index in [4.69, 9.17) is 11.6 Å². The number of rotatable bonds is 8. The van der Waals surface area contributed by atoms with Crippen molar-refractivity contribution in [3.05, 3.63) is 0 Å². The van der Waals surface area contributed by atoms with E-state index < -0.39 is 15.6 Å². The van der Waals surface area contributed by atoms with Gasteiger partial charge in [-0.15, -0.1) is 11.6 Å². The Hall–Kier alpha value is 0.510. The lowest BCUT2D eigenvalue weighted by Gasteiger charge is -2.22. The van der Waals surface area contributed by atoms with Crippen molar-refractivity contribution in [2.75, 3.05) is 30.2 Å². The molecule has 0 aliphatic rings. The van der Waals surface area contributed by atoms with Crippen LogP contribution in [-0.4, -0.2) is 49.3 Å². The van der Waals surface area contributed by atoms with Crippen molar-refractivity contribution in [3.8, 4) is 0 Å². The third-order valence-electron chi connectivity index (χ3n) is 1.67. The summed E-state index contributed by atoms with van der Waals surface area (Å²) < 4.78 is 25.1. The fourth-order valence-corrected chi connectivity index (χ4v) is 3.16. The molecule has 15 heavy (non-hydrogen) atoms. The Balaban J connectivity index is 4.02. The predicted octanol–water partition coefficient (Wildman–Crippen LogP) is 0.649. The van der Waals surface area contributed by atoms with E-state index in [-0.39, 0.29) is 12.3 Å². The zero-order chi connectivity index (χ0) is 11.9. The molecule has 0 rings (SSSR count). The van der Waals surface area contributed by atoms with Crippen molar-refractivity contribution in [1.82, 2.24) is 4.72 Å². The largest absolute Gasteiger partial charge is 0.388 e. The number of aliphatic hydroxyl groups is 1. The molecule has 1 unspecified atom stereocenters. The molecule has 0 spiro atoms. The molecule has 4 nitrogen and oxygen atoms in total. The number of halogens is 1. The molecule has 0 saturated carbocycles. The van der Waals surface area contributed by atoms with Crippen LogP contribution in [0.3, 0.4) is 0 Å². The fraction of sp³-hybridized carbons (Fsp3) is 1.00. The van der Waals surface area contributed by atoms with E-state index in [1.54, 1.807) is 6.92 Å². The number of nitrogens with one attached hydrogen (secondary N) is 1. The van der Waals surface area contributed by atoms with Crippen LogP contribution in [-0.2, 0) is 10.0 Å². The average molecular weight is 276 g/mol. The summed E-state index contributed by atoms with van der Waals surface area (Å²) in [6.07, 6.45) is 2.28. The van der Waals surface area contributed by atoms with E-state index in [9.17, 15) is 13.5 Å². The summed E-state index contributed by atoms with van der Waals surface area (Å²) in [6.45, 7) is 1.64. The summed E-state index contributed by atoms with van der Waals surface area (Å²) in [7, 11) is -3.30. The van der Waals surface area contributed by atoms with Crippen LogP contribution in [0.15, 0.2) is 0 Å². The van der Waals surface area contributed by atoms with Gasteiger partial charge in [0.25, 0.3) is 0 Å². The van der Waals surface area contributed by atoms with Crippen LogP contribution < -0.4 is 4.72 Å². The Morgan fingerprint density at radius 1 is 1.53 bits per heavy atom. The minimum absolute atomic E-state index is 0.00580. The third kappa shape index (κ3) is 8.33. The summed E-state index contributed by atoms with van der Waals surface area (Å²) in [5, 5.41) is 9.73. The molecule has 0 aliphatic heterocycles. The molecule has 0 amide bonds. The molecular formula is C8H18ClNO3S2. The fourth-order valence-electron chi connectivity index (χ4n) is 0.944. The first-order valence-electron chi connectivity index (χ1n) is 4.57. The summed E-state index contributed by atoms with van der Waals surface area (Å²) in [4.78, 5) is 0. The molecule has 0 aromatic rings. The minimum Gasteiger partial charge on any atom is -0.388 e. The summed E-state index contributed by atoms with van der Waals surface area (Å²) in [5.41, 5.74) is -1.01. The summed E-state index contributed by atoms with van der Waals surface area (Å²) in [5.74, 6) is 0.818. The summed E-state index contributed by atoms with van der Waals surface area (Å²) >= 11 is 6.87. The highest BCUT2D eigenvalue weighted by molar-refractivity contribution is 7.98. The summed E-state index contributed by atoms with van der Waals surface area (Å²) in [6, 6.07) is 0. The molecule has 0 saturated heterocycles. The lowest BCUT2D eigenvalue weighted by Crippen LogP contribution is -2.43. The Labute approximate surface area is 101 Å². The maximum absolute atomic E-state index is 11.4. The van der Waals surface area contributed by atoms with Crippen LogP contribution >= 0.6 is 23.4 Å². The first-order chi connectivity index (χ1) is 6.83. The van der Waals surface area contributed by atoms with E-state index in [1.165, 1.54) is 11.8 Å².